The van der Waals surface area contributed by atoms with E-state index in [-0.39, 0.29) is 13.0 Å². The Balaban J connectivity index is 0.000000325. The second-order valence-corrected chi connectivity index (χ2v) is 17.7. The maximum Gasteiger partial charge on any atom is 0.339 e. The molecule has 0 amide bonds. The minimum Gasteiger partial charge on any atom is -0.478 e. The molecule has 344 valence electrons. The summed E-state index contributed by atoms with van der Waals surface area (Å²) >= 11 is 0. The van der Waals surface area contributed by atoms with Gasteiger partial charge < -0.3 is 44.1 Å². The van der Waals surface area contributed by atoms with E-state index < -0.39 is 83.7 Å². The van der Waals surface area contributed by atoms with Crippen LogP contribution in [0.4, 0.5) is 8.78 Å². The third kappa shape index (κ3) is 13.5. The first kappa shape index (κ1) is 52.3. The number of ether oxygens (including phenoxy) is 5. The molecule has 62 heavy (non-hydrogen) atoms. The van der Waals surface area contributed by atoms with Crippen molar-refractivity contribution in [3.63, 3.8) is 0 Å². The van der Waals surface area contributed by atoms with Crippen LogP contribution < -0.4 is 0 Å². The van der Waals surface area contributed by atoms with Gasteiger partial charge in [0.25, 0.3) is 0 Å². The van der Waals surface area contributed by atoms with E-state index >= 15 is 4.39 Å². The van der Waals surface area contributed by atoms with Crippen molar-refractivity contribution in [3.05, 3.63) is 105 Å². The quantitative estimate of drug-likeness (QED) is 0.148. The Morgan fingerprint density at radius 3 is 2.21 bits per heavy atom. The fourth-order valence-electron chi connectivity index (χ4n) is 7.56. The molecule has 0 aromatic heterocycles. The molecule has 10 unspecified atom stereocenters. The molecule has 3 heterocycles. The number of aryl methyl sites for hydroxylation is 4. The number of cyclic esters (lactones) is 1. The van der Waals surface area contributed by atoms with Crippen molar-refractivity contribution >= 4 is 24.1 Å². The van der Waals surface area contributed by atoms with E-state index in [9.17, 15) is 34.4 Å². The number of benzene rings is 2. The van der Waals surface area contributed by atoms with Gasteiger partial charge in [-0.3, -0.25) is 0 Å². The van der Waals surface area contributed by atoms with Crippen LogP contribution in [0, 0.1) is 27.7 Å². The largest absolute Gasteiger partial charge is 0.478 e. The summed E-state index contributed by atoms with van der Waals surface area (Å²) in [6.45, 7) is 19.8. The molecule has 13 heteroatoms. The van der Waals surface area contributed by atoms with Crippen molar-refractivity contribution in [1.82, 2.24) is 0 Å². The summed E-state index contributed by atoms with van der Waals surface area (Å²) in [5.41, 5.74) is 1.40. The molecule has 5 rings (SSSR count). The van der Waals surface area contributed by atoms with Crippen molar-refractivity contribution in [2.75, 3.05) is 0 Å². The number of halogens is 2. The molecule has 2 fully saturated rings. The van der Waals surface area contributed by atoms with Crippen LogP contribution in [-0.2, 0) is 23.7 Å². The van der Waals surface area contributed by atoms with Gasteiger partial charge in [0.1, 0.15) is 30.5 Å². The van der Waals surface area contributed by atoms with E-state index in [2.05, 4.69) is 0 Å². The zero-order valence-electron chi connectivity index (χ0n) is 37.4. The number of carbonyl (C=O) groups is 2. The number of rotatable bonds is 8. The minimum absolute atomic E-state index is 0. The lowest BCUT2D eigenvalue weighted by Crippen LogP contribution is -2.37. The van der Waals surface area contributed by atoms with Gasteiger partial charge >= 0.3 is 11.9 Å². The van der Waals surface area contributed by atoms with Gasteiger partial charge in [0.2, 0.25) is 0 Å². The lowest BCUT2D eigenvalue weighted by Gasteiger charge is -2.26. The molecule has 3 aliphatic rings. The topological polar surface area (TPSA) is 161 Å². The Morgan fingerprint density at radius 2 is 1.58 bits per heavy atom. The van der Waals surface area contributed by atoms with Crippen LogP contribution in [0.15, 0.2) is 60.7 Å². The Morgan fingerprint density at radius 1 is 0.968 bits per heavy atom. The Bertz CT molecular complexity index is 2010. The number of hydrogen-bond acceptors (Lipinski definition) is 10. The number of alkyl halides is 2. The highest BCUT2D eigenvalue weighted by Crippen LogP contribution is 2.35. The lowest BCUT2D eigenvalue weighted by atomic mass is 9.95. The summed E-state index contributed by atoms with van der Waals surface area (Å²) < 4.78 is 58.6. The SMILES string of the molecule is C.Cc1cc(C)c(C(=O)O)c(/C=C/CC2OC(C)(C)OC2C(O)/C=C\C(C)(F)C(C)O)c1.Cc1cc(C)c2c(c1)/C=C/CC1OC(C)(C)OC1C(O)/C=C\C(C)(F)C(C)OC2=O. The number of carboxylic acids is 1. The number of fused-ring (bicyclic) bond motifs is 2. The average Bonchev–Trinajstić information content (AvgIpc) is 3.61. The van der Waals surface area contributed by atoms with E-state index in [1.165, 1.54) is 45.9 Å². The first-order valence-electron chi connectivity index (χ1n) is 20.6. The van der Waals surface area contributed by atoms with E-state index in [1.54, 1.807) is 52.8 Å². The standard InChI is InChI=1S/C24H33FO6.C24H31FO5.CH4/c1-14-12-15(2)20(22(28)29)17(13-14)8-7-9-19-21(31-23(4,5)30-19)18(27)10-11-24(6,25)16(3)26;1-14-12-15(2)20-17(13-14)8-7-9-19-21(30-23(4,5)29-19)18(26)10-11-24(6,25)16(3)28-22(20)27;/h7-8,10-13,16,18-19,21,26-27H,9H2,1-6H3,(H,28,29);7-8,10-13,16,18-19,21,26H,9H2,1-6H3;1H4/b2*8-7+,11-10-;. The maximum atomic E-state index is 15.3. The highest BCUT2D eigenvalue weighted by Gasteiger charge is 2.45. The van der Waals surface area contributed by atoms with Gasteiger partial charge in [0.05, 0.1) is 29.4 Å². The maximum absolute atomic E-state index is 15.3. The summed E-state index contributed by atoms with van der Waals surface area (Å²) in [5.74, 6) is -3.37. The summed E-state index contributed by atoms with van der Waals surface area (Å²) in [6.07, 6.45) is 6.22. The minimum atomic E-state index is -1.98. The van der Waals surface area contributed by atoms with Crippen LogP contribution in [0.25, 0.3) is 12.2 Å². The molecule has 0 spiro atoms. The van der Waals surface area contributed by atoms with Crippen molar-refractivity contribution in [3.8, 4) is 0 Å². The van der Waals surface area contributed by atoms with Crippen LogP contribution in [-0.4, -0.2) is 104 Å². The molecular formula is C49H68F2O11. The van der Waals surface area contributed by atoms with Gasteiger partial charge in [-0.2, -0.15) is 0 Å². The van der Waals surface area contributed by atoms with Crippen molar-refractivity contribution in [2.45, 2.75) is 175 Å². The highest BCUT2D eigenvalue weighted by molar-refractivity contribution is 5.96. The molecule has 0 saturated carbocycles. The van der Waals surface area contributed by atoms with Gasteiger partial charge in [0.15, 0.2) is 22.9 Å². The second-order valence-electron chi connectivity index (χ2n) is 17.7. The molecular weight excluding hydrogens is 803 g/mol. The third-order valence-electron chi connectivity index (χ3n) is 11.0. The van der Waals surface area contributed by atoms with Crippen molar-refractivity contribution in [2.24, 2.45) is 0 Å². The van der Waals surface area contributed by atoms with Gasteiger partial charge in [-0.15, -0.1) is 0 Å². The predicted molar refractivity (Wildman–Crippen MR) is 236 cm³/mol. The fourth-order valence-corrected chi connectivity index (χ4v) is 7.56. The van der Waals surface area contributed by atoms with Crippen LogP contribution in [0.1, 0.15) is 130 Å². The van der Waals surface area contributed by atoms with E-state index in [0.717, 1.165) is 22.8 Å². The molecule has 0 radical (unpaired) electrons. The molecule has 4 N–H and O–H groups in total. The summed E-state index contributed by atoms with van der Waals surface area (Å²) in [4.78, 5) is 24.5. The van der Waals surface area contributed by atoms with Gasteiger partial charge in [0, 0.05) is 0 Å². The molecule has 0 aliphatic carbocycles. The third-order valence-corrected chi connectivity index (χ3v) is 11.0. The van der Waals surface area contributed by atoms with Gasteiger partial charge in [-0.25, -0.2) is 18.4 Å². The van der Waals surface area contributed by atoms with Crippen LogP contribution >= 0.6 is 0 Å². The van der Waals surface area contributed by atoms with E-state index in [4.69, 9.17) is 23.7 Å². The van der Waals surface area contributed by atoms with Crippen LogP contribution in [0.3, 0.4) is 0 Å². The van der Waals surface area contributed by atoms with E-state index in [1.807, 2.05) is 51.1 Å². The fraction of sp³-hybridized carbons (Fsp3) is 0.551. The summed E-state index contributed by atoms with van der Waals surface area (Å²) in [7, 11) is 0. The highest BCUT2D eigenvalue weighted by atomic mass is 19.1. The number of aliphatic hydroxyl groups is 3. The normalized spacial score (nSPS) is 30.0. The number of hydrogen-bond donors (Lipinski definition) is 4. The first-order chi connectivity index (χ1) is 28.1. The number of carbonyl (C=O) groups excluding carboxylic acids is 1. The average molecular weight is 871 g/mol. The van der Waals surface area contributed by atoms with Crippen LogP contribution in [0.2, 0.25) is 0 Å². The number of carboxylic acid groups (broad SMARTS) is 1. The number of aromatic carboxylic acids is 1. The zero-order chi connectivity index (χ0) is 45.8. The molecule has 2 aromatic carbocycles. The Kier molecular flexibility index (Phi) is 17.4. The predicted octanol–water partition coefficient (Wildman–Crippen LogP) is 9.02. The first-order valence-corrected chi connectivity index (χ1v) is 20.6. The number of aliphatic hydroxyl groups excluding tert-OH is 3. The molecule has 11 nitrogen and oxygen atoms in total. The van der Waals surface area contributed by atoms with E-state index in [0.29, 0.717) is 35.1 Å². The summed E-state index contributed by atoms with van der Waals surface area (Å²) in [5, 5.41) is 40.2. The van der Waals surface area contributed by atoms with Crippen molar-refractivity contribution < 1.29 is 62.5 Å². The van der Waals surface area contributed by atoms with Gasteiger partial charge in [-0.05, 0) is 130 Å². The Hall–Kier alpha value is -4.08. The molecule has 2 saturated heterocycles. The number of esters is 1. The smallest absolute Gasteiger partial charge is 0.339 e. The molecule has 0 bridgehead atoms. The zero-order valence-corrected chi connectivity index (χ0v) is 37.4. The monoisotopic (exact) mass is 870 g/mol. The lowest BCUT2D eigenvalue weighted by molar-refractivity contribution is -0.152. The molecule has 10 atom stereocenters. The molecule has 2 aromatic rings. The van der Waals surface area contributed by atoms with Gasteiger partial charge in [-0.1, -0.05) is 79.3 Å². The second kappa shape index (κ2) is 20.6. The van der Waals surface area contributed by atoms with Crippen LogP contribution in [0.5, 0.6) is 0 Å². The molecule has 3 aliphatic heterocycles. The Labute approximate surface area is 366 Å². The van der Waals surface area contributed by atoms with Crippen molar-refractivity contribution in [1.29, 1.82) is 0 Å². The summed E-state index contributed by atoms with van der Waals surface area (Å²) in [6, 6.07) is 7.42.